The summed E-state index contributed by atoms with van der Waals surface area (Å²) in [5.74, 6) is -0.546. The van der Waals surface area contributed by atoms with Gasteiger partial charge >= 0.3 is 0 Å². The van der Waals surface area contributed by atoms with Gasteiger partial charge in [-0.25, -0.2) is 5.48 Å². The lowest BCUT2D eigenvalue weighted by molar-refractivity contribution is -0.124. The molecule has 0 aliphatic carbocycles. The molecule has 4 aromatic rings. The Labute approximate surface area is 212 Å². The smallest absolute Gasteiger partial charge is 0.267 e. The molecule has 3 N–H and O–H groups in total. The first-order chi connectivity index (χ1) is 17.7. The molecular formula is C30H33N3O3. The van der Waals surface area contributed by atoms with Crippen LogP contribution in [0.1, 0.15) is 22.3 Å². The van der Waals surface area contributed by atoms with Crippen LogP contribution < -0.4 is 5.48 Å². The highest BCUT2D eigenvalue weighted by Crippen LogP contribution is 2.19. The predicted octanol–water partition coefficient (Wildman–Crippen LogP) is 4.99. The summed E-state index contributed by atoms with van der Waals surface area (Å²) >= 11 is 0. The van der Waals surface area contributed by atoms with Crippen LogP contribution in [0.25, 0.3) is 17.0 Å². The summed E-state index contributed by atoms with van der Waals surface area (Å²) in [6.07, 6.45) is 6.95. The Hall–Kier alpha value is -3.71. The molecule has 4 rings (SSSR count). The Balaban J connectivity index is 1.34. The number of nitrogens with one attached hydrogen (secondary N) is 2. The fourth-order valence-corrected chi connectivity index (χ4v) is 4.22. The van der Waals surface area contributed by atoms with Crippen LogP contribution in [0.5, 0.6) is 0 Å². The summed E-state index contributed by atoms with van der Waals surface area (Å²) in [6.45, 7) is 3.96. The predicted molar refractivity (Wildman–Crippen MR) is 144 cm³/mol. The molecule has 3 aromatic carbocycles. The molecular weight excluding hydrogens is 450 g/mol. The fourth-order valence-electron chi connectivity index (χ4n) is 4.22. The van der Waals surface area contributed by atoms with E-state index in [1.807, 2.05) is 18.2 Å². The van der Waals surface area contributed by atoms with E-state index in [0.29, 0.717) is 13.2 Å². The molecule has 0 saturated carbocycles. The van der Waals surface area contributed by atoms with Crippen molar-refractivity contribution >= 4 is 22.9 Å². The number of rotatable bonds is 13. The Morgan fingerprint density at radius 2 is 1.67 bits per heavy atom. The molecule has 0 fully saturated rings. The van der Waals surface area contributed by atoms with Crippen LogP contribution in [-0.2, 0) is 28.9 Å². The number of amides is 1. The summed E-state index contributed by atoms with van der Waals surface area (Å²) < 4.78 is 5.98. The molecule has 0 aliphatic rings. The minimum absolute atomic E-state index is 0.546. The third-order valence-corrected chi connectivity index (χ3v) is 6.23. The van der Waals surface area contributed by atoms with Gasteiger partial charge in [0.15, 0.2) is 0 Å². The van der Waals surface area contributed by atoms with Gasteiger partial charge in [-0.3, -0.25) is 14.9 Å². The quantitative estimate of drug-likeness (QED) is 0.108. The number of nitrogens with zero attached hydrogens (tertiary/aromatic N) is 1. The number of para-hydroxylation sites is 1. The first-order valence-electron chi connectivity index (χ1n) is 12.3. The van der Waals surface area contributed by atoms with Crippen molar-refractivity contribution in [2.24, 2.45) is 0 Å². The average molecular weight is 484 g/mol. The number of aromatic amines is 1. The van der Waals surface area contributed by atoms with Crippen molar-refractivity contribution in [1.82, 2.24) is 15.4 Å². The number of carbonyl (C=O) groups is 1. The summed E-state index contributed by atoms with van der Waals surface area (Å²) in [6, 6.07) is 26.9. The zero-order chi connectivity index (χ0) is 25.0. The lowest BCUT2D eigenvalue weighted by Gasteiger charge is -2.22. The maximum Gasteiger partial charge on any atom is 0.267 e. The number of benzene rings is 3. The summed E-state index contributed by atoms with van der Waals surface area (Å²) in [4.78, 5) is 17.0. The Kier molecular flexibility index (Phi) is 9.45. The molecule has 0 radical (unpaired) electrons. The number of hydroxylamine groups is 1. The molecule has 6 nitrogen and oxygen atoms in total. The lowest BCUT2D eigenvalue weighted by Crippen LogP contribution is -2.29. The Morgan fingerprint density at radius 3 is 2.47 bits per heavy atom. The Bertz CT molecular complexity index is 1250. The van der Waals surface area contributed by atoms with E-state index >= 15 is 0 Å². The third-order valence-electron chi connectivity index (χ3n) is 6.23. The normalized spacial score (nSPS) is 11.5. The maximum absolute atomic E-state index is 11.2. The molecule has 186 valence electrons. The van der Waals surface area contributed by atoms with E-state index in [2.05, 4.69) is 76.7 Å². The molecule has 1 heterocycles. The van der Waals surface area contributed by atoms with Crippen LogP contribution in [0, 0.1) is 0 Å². The summed E-state index contributed by atoms with van der Waals surface area (Å²) in [7, 11) is 0. The van der Waals surface area contributed by atoms with Gasteiger partial charge in [-0.15, -0.1) is 0 Å². The van der Waals surface area contributed by atoms with Crippen LogP contribution in [0.4, 0.5) is 0 Å². The van der Waals surface area contributed by atoms with Gasteiger partial charge in [0, 0.05) is 42.8 Å². The molecule has 0 unspecified atom stereocenters. The largest absolute Gasteiger partial charge is 0.380 e. The van der Waals surface area contributed by atoms with Crippen molar-refractivity contribution in [1.29, 1.82) is 0 Å². The van der Waals surface area contributed by atoms with E-state index in [-0.39, 0.29) is 0 Å². The van der Waals surface area contributed by atoms with Gasteiger partial charge in [0.2, 0.25) is 0 Å². The third kappa shape index (κ3) is 7.65. The van der Waals surface area contributed by atoms with Gasteiger partial charge in [-0.05, 0) is 47.2 Å². The first-order valence-corrected chi connectivity index (χ1v) is 12.3. The van der Waals surface area contributed by atoms with Crippen molar-refractivity contribution in [2.45, 2.75) is 19.4 Å². The molecule has 0 aliphatic heterocycles. The van der Waals surface area contributed by atoms with Crippen LogP contribution in [0.15, 0.2) is 91.1 Å². The van der Waals surface area contributed by atoms with E-state index in [1.165, 1.54) is 33.7 Å². The van der Waals surface area contributed by atoms with E-state index in [1.54, 1.807) is 11.6 Å². The second kappa shape index (κ2) is 13.4. The standard InChI is InChI=1S/C30H33N3O3/c34-30(32-35)15-14-25-10-12-26(13-11-25)23-33(19-21-36-20-17-24-6-2-1-3-7-24)18-16-27-22-31-29-9-5-4-8-28(27)29/h1-15,22,31,35H,16-21,23H2,(H,32,34)/b15-14+. The molecule has 1 aromatic heterocycles. The van der Waals surface area contributed by atoms with E-state index in [4.69, 9.17) is 9.94 Å². The van der Waals surface area contributed by atoms with Gasteiger partial charge in [-0.1, -0.05) is 72.8 Å². The molecule has 0 saturated heterocycles. The molecule has 0 spiro atoms. The second-order valence-electron chi connectivity index (χ2n) is 8.78. The SMILES string of the molecule is O=C(/C=C/c1ccc(CN(CCOCCc2ccccc2)CCc2c[nH]c3ccccc23)cc1)NO. The Morgan fingerprint density at radius 1 is 0.889 bits per heavy atom. The molecule has 36 heavy (non-hydrogen) atoms. The number of hydrogen-bond donors (Lipinski definition) is 3. The lowest BCUT2D eigenvalue weighted by atomic mass is 10.1. The molecule has 0 bridgehead atoms. The number of fused-ring (bicyclic) bond motifs is 1. The number of aromatic nitrogens is 1. The average Bonchev–Trinajstić information content (AvgIpc) is 3.34. The summed E-state index contributed by atoms with van der Waals surface area (Å²) in [5, 5.41) is 9.90. The van der Waals surface area contributed by atoms with Gasteiger partial charge < -0.3 is 9.72 Å². The van der Waals surface area contributed by atoms with Gasteiger partial charge in [0.05, 0.1) is 13.2 Å². The molecule has 1 amide bonds. The highest BCUT2D eigenvalue weighted by molar-refractivity contribution is 5.90. The fraction of sp³-hybridized carbons (Fsp3) is 0.233. The number of hydrogen-bond acceptors (Lipinski definition) is 4. The number of carbonyl (C=O) groups excluding carboxylic acids is 1. The molecule has 6 heteroatoms. The van der Waals surface area contributed by atoms with E-state index in [9.17, 15) is 4.79 Å². The van der Waals surface area contributed by atoms with Crippen molar-refractivity contribution < 1.29 is 14.7 Å². The summed E-state index contributed by atoms with van der Waals surface area (Å²) in [5.41, 5.74) is 7.48. The topological polar surface area (TPSA) is 77.6 Å². The van der Waals surface area contributed by atoms with Crippen LogP contribution in [-0.4, -0.2) is 47.3 Å². The minimum atomic E-state index is -0.546. The second-order valence-corrected chi connectivity index (χ2v) is 8.78. The molecule has 0 atom stereocenters. The van der Waals surface area contributed by atoms with Crippen LogP contribution >= 0.6 is 0 Å². The number of H-pyrrole nitrogens is 1. The number of ether oxygens (including phenoxy) is 1. The zero-order valence-electron chi connectivity index (χ0n) is 20.4. The van der Waals surface area contributed by atoms with Crippen molar-refractivity contribution in [3.63, 3.8) is 0 Å². The van der Waals surface area contributed by atoms with E-state index in [0.717, 1.165) is 38.0 Å². The van der Waals surface area contributed by atoms with Crippen molar-refractivity contribution in [2.75, 3.05) is 26.3 Å². The van der Waals surface area contributed by atoms with Gasteiger partial charge in [-0.2, -0.15) is 0 Å². The van der Waals surface area contributed by atoms with E-state index < -0.39 is 5.91 Å². The van der Waals surface area contributed by atoms with Crippen molar-refractivity contribution in [3.8, 4) is 0 Å². The zero-order valence-corrected chi connectivity index (χ0v) is 20.4. The highest BCUT2D eigenvalue weighted by Gasteiger charge is 2.10. The maximum atomic E-state index is 11.2. The monoisotopic (exact) mass is 483 g/mol. The van der Waals surface area contributed by atoms with Crippen molar-refractivity contribution in [3.05, 3.63) is 113 Å². The van der Waals surface area contributed by atoms with Crippen LogP contribution in [0.2, 0.25) is 0 Å². The van der Waals surface area contributed by atoms with Gasteiger partial charge in [0.1, 0.15) is 0 Å². The minimum Gasteiger partial charge on any atom is -0.380 e. The highest BCUT2D eigenvalue weighted by atomic mass is 16.5. The van der Waals surface area contributed by atoms with Gasteiger partial charge in [0.25, 0.3) is 5.91 Å². The first kappa shape index (κ1) is 25.4. The van der Waals surface area contributed by atoms with Crippen LogP contribution in [0.3, 0.4) is 0 Å².